The average molecular weight is 460 g/mol. The van der Waals surface area contributed by atoms with E-state index in [2.05, 4.69) is 19.9 Å². The molecule has 4 rings (SSSR count). The highest BCUT2D eigenvalue weighted by atomic mass is 16.7. The Morgan fingerprint density at radius 3 is 2.53 bits per heavy atom. The van der Waals surface area contributed by atoms with Gasteiger partial charge in [0.05, 0.1) is 24.0 Å². The Hall–Kier alpha value is -3.75. The largest absolute Gasteiger partial charge is 0.493 e. The molecule has 4 aromatic rings. The second-order valence-electron chi connectivity index (χ2n) is 8.10. The maximum absolute atomic E-state index is 6.27. The molecule has 2 heterocycles. The van der Waals surface area contributed by atoms with Gasteiger partial charge >= 0.3 is 0 Å². The molecular formula is C26H29N5O3. The lowest BCUT2D eigenvalue weighted by atomic mass is 10.2. The lowest BCUT2D eigenvalue weighted by Crippen LogP contribution is -2.20. The van der Waals surface area contributed by atoms with Gasteiger partial charge in [0.2, 0.25) is 0 Å². The van der Waals surface area contributed by atoms with E-state index in [1.165, 1.54) is 6.33 Å². The van der Waals surface area contributed by atoms with Crippen molar-refractivity contribution >= 4 is 22.4 Å². The Bertz CT molecular complexity index is 1230. The number of likely N-dealkylation sites (N-methyl/N-ethyl adjacent to an activating group) is 1. The third-order valence-electron chi connectivity index (χ3n) is 5.19. The van der Waals surface area contributed by atoms with E-state index in [4.69, 9.17) is 14.3 Å². The monoisotopic (exact) mass is 459 g/mol. The second kappa shape index (κ2) is 10.9. The van der Waals surface area contributed by atoms with E-state index in [9.17, 15) is 0 Å². The molecule has 34 heavy (non-hydrogen) atoms. The first-order valence-corrected chi connectivity index (χ1v) is 11.0. The number of hydrogen-bond acceptors (Lipinski definition) is 8. The van der Waals surface area contributed by atoms with E-state index in [-0.39, 0.29) is 6.61 Å². The van der Waals surface area contributed by atoms with E-state index in [0.717, 1.165) is 34.4 Å². The number of pyridine rings is 1. The molecule has 0 spiro atoms. The van der Waals surface area contributed by atoms with Crippen LogP contribution < -0.4 is 14.5 Å². The Morgan fingerprint density at radius 2 is 1.79 bits per heavy atom. The number of hydrogen-bond donors (Lipinski definition) is 0. The zero-order chi connectivity index (χ0) is 23.9. The number of nitrogens with zero attached hydrogens (tertiary/aromatic N) is 5. The van der Waals surface area contributed by atoms with Crippen LogP contribution in [0, 0.1) is 6.92 Å². The summed E-state index contributed by atoms with van der Waals surface area (Å²) in [6.45, 7) is 3.63. The predicted octanol–water partition coefficient (Wildman–Crippen LogP) is 4.55. The standard InChI is InChI=1S/C26H29N5O3/c1-19-8-7-10-21(14-19)31(34-17-20-9-5-6-11-27-20)26-22-15-25(33-13-12-30(2)3)24(32-4)16-23(22)28-18-29-26/h5-11,14-16,18H,12-13,17H2,1-4H3. The number of aromatic nitrogens is 3. The van der Waals surface area contributed by atoms with Crippen LogP contribution in [0.25, 0.3) is 10.9 Å². The zero-order valence-electron chi connectivity index (χ0n) is 19.9. The van der Waals surface area contributed by atoms with Gasteiger partial charge in [0, 0.05) is 24.2 Å². The highest BCUT2D eigenvalue weighted by Gasteiger charge is 2.19. The quantitative estimate of drug-likeness (QED) is 0.320. The van der Waals surface area contributed by atoms with Crippen LogP contribution in [-0.4, -0.2) is 54.2 Å². The number of aryl methyl sites for hydroxylation is 1. The number of benzene rings is 2. The highest BCUT2D eigenvalue weighted by Crippen LogP contribution is 2.37. The van der Waals surface area contributed by atoms with Crippen LogP contribution in [0.1, 0.15) is 11.3 Å². The minimum atomic E-state index is 0.280. The van der Waals surface area contributed by atoms with Gasteiger partial charge in [-0.3, -0.25) is 9.82 Å². The van der Waals surface area contributed by atoms with Crippen molar-refractivity contribution in [1.82, 2.24) is 19.9 Å². The SMILES string of the molecule is COc1cc2ncnc(N(OCc3ccccn3)c3cccc(C)c3)c2cc1OCCN(C)C. The minimum absolute atomic E-state index is 0.280. The smallest absolute Gasteiger partial charge is 0.169 e. The maximum atomic E-state index is 6.27. The number of rotatable bonds is 10. The third-order valence-corrected chi connectivity index (χ3v) is 5.19. The molecule has 0 bridgehead atoms. The molecule has 0 amide bonds. The molecule has 0 radical (unpaired) electrons. The van der Waals surface area contributed by atoms with Crippen molar-refractivity contribution < 1.29 is 14.3 Å². The van der Waals surface area contributed by atoms with E-state index in [1.807, 2.05) is 75.6 Å². The summed E-state index contributed by atoms with van der Waals surface area (Å²) in [4.78, 5) is 21.8. The van der Waals surface area contributed by atoms with Crippen molar-refractivity contribution in [3.8, 4) is 11.5 Å². The molecule has 0 aliphatic rings. The molecule has 0 atom stereocenters. The van der Waals surface area contributed by atoms with Crippen molar-refractivity contribution in [2.75, 3.05) is 39.4 Å². The van der Waals surface area contributed by atoms with Crippen LogP contribution in [-0.2, 0) is 11.4 Å². The summed E-state index contributed by atoms with van der Waals surface area (Å²) in [5.74, 6) is 1.85. The molecule has 0 N–H and O–H groups in total. The summed E-state index contributed by atoms with van der Waals surface area (Å²) >= 11 is 0. The molecule has 2 aromatic carbocycles. The average Bonchev–Trinajstić information content (AvgIpc) is 2.84. The number of methoxy groups -OCH3 is 1. The van der Waals surface area contributed by atoms with E-state index < -0.39 is 0 Å². The van der Waals surface area contributed by atoms with Crippen LogP contribution in [0.4, 0.5) is 11.5 Å². The van der Waals surface area contributed by atoms with Crippen LogP contribution in [0.15, 0.2) is 67.1 Å². The first kappa shape index (κ1) is 23.4. The Morgan fingerprint density at radius 1 is 0.912 bits per heavy atom. The fourth-order valence-electron chi connectivity index (χ4n) is 3.45. The molecule has 0 unspecified atom stereocenters. The van der Waals surface area contributed by atoms with E-state index in [0.29, 0.717) is 23.9 Å². The summed E-state index contributed by atoms with van der Waals surface area (Å²) in [7, 11) is 5.63. The van der Waals surface area contributed by atoms with Gasteiger partial charge in [-0.05, 0) is 56.9 Å². The number of fused-ring (bicyclic) bond motifs is 1. The van der Waals surface area contributed by atoms with Crippen LogP contribution >= 0.6 is 0 Å². The van der Waals surface area contributed by atoms with Gasteiger partial charge in [-0.1, -0.05) is 18.2 Å². The maximum Gasteiger partial charge on any atom is 0.169 e. The Kier molecular flexibility index (Phi) is 7.51. The lowest BCUT2D eigenvalue weighted by Gasteiger charge is -2.24. The fourth-order valence-corrected chi connectivity index (χ4v) is 3.45. The molecule has 8 heteroatoms. The normalized spacial score (nSPS) is 11.1. The first-order chi connectivity index (χ1) is 16.5. The second-order valence-corrected chi connectivity index (χ2v) is 8.10. The van der Waals surface area contributed by atoms with E-state index in [1.54, 1.807) is 18.4 Å². The Balaban J connectivity index is 1.76. The van der Waals surface area contributed by atoms with Crippen molar-refractivity contribution in [2.24, 2.45) is 0 Å². The van der Waals surface area contributed by atoms with Crippen LogP contribution in [0.5, 0.6) is 11.5 Å². The van der Waals surface area contributed by atoms with Gasteiger partial charge in [0.1, 0.15) is 19.5 Å². The fraction of sp³-hybridized carbons (Fsp3) is 0.269. The minimum Gasteiger partial charge on any atom is -0.493 e. The molecule has 0 aliphatic carbocycles. The predicted molar refractivity (Wildman–Crippen MR) is 132 cm³/mol. The molecule has 176 valence electrons. The summed E-state index contributed by atoms with van der Waals surface area (Å²) in [5, 5.41) is 2.51. The van der Waals surface area contributed by atoms with Gasteiger partial charge in [0.25, 0.3) is 0 Å². The van der Waals surface area contributed by atoms with Crippen molar-refractivity contribution in [2.45, 2.75) is 13.5 Å². The molecule has 0 fully saturated rings. The van der Waals surface area contributed by atoms with Gasteiger partial charge < -0.3 is 14.4 Å². The summed E-state index contributed by atoms with van der Waals surface area (Å²) in [6.07, 6.45) is 3.27. The van der Waals surface area contributed by atoms with E-state index >= 15 is 0 Å². The number of ether oxygens (including phenoxy) is 2. The summed E-state index contributed by atoms with van der Waals surface area (Å²) in [6, 6.07) is 17.6. The molecular weight excluding hydrogens is 430 g/mol. The van der Waals surface area contributed by atoms with Crippen LogP contribution in [0.3, 0.4) is 0 Å². The molecule has 0 saturated heterocycles. The molecule has 0 aliphatic heterocycles. The van der Waals surface area contributed by atoms with Crippen molar-refractivity contribution in [3.63, 3.8) is 0 Å². The van der Waals surface area contributed by atoms with Gasteiger partial charge in [-0.2, -0.15) is 0 Å². The molecule has 8 nitrogen and oxygen atoms in total. The zero-order valence-corrected chi connectivity index (χ0v) is 19.9. The topological polar surface area (TPSA) is 72.8 Å². The lowest BCUT2D eigenvalue weighted by molar-refractivity contribution is 0.118. The Labute approximate surface area is 199 Å². The third kappa shape index (κ3) is 5.59. The molecule has 2 aromatic heterocycles. The van der Waals surface area contributed by atoms with Gasteiger partial charge in [0.15, 0.2) is 17.3 Å². The summed E-state index contributed by atoms with van der Waals surface area (Å²) in [5.41, 5.74) is 3.49. The van der Waals surface area contributed by atoms with Gasteiger partial charge in [-0.15, -0.1) is 0 Å². The molecule has 0 saturated carbocycles. The van der Waals surface area contributed by atoms with Gasteiger partial charge in [-0.25, -0.2) is 15.0 Å². The highest BCUT2D eigenvalue weighted by molar-refractivity contribution is 5.93. The van der Waals surface area contributed by atoms with Crippen molar-refractivity contribution in [3.05, 3.63) is 78.4 Å². The van der Waals surface area contributed by atoms with Crippen LogP contribution in [0.2, 0.25) is 0 Å². The summed E-state index contributed by atoms with van der Waals surface area (Å²) < 4.78 is 11.6. The van der Waals surface area contributed by atoms with Crippen molar-refractivity contribution in [1.29, 1.82) is 0 Å². The first-order valence-electron chi connectivity index (χ1n) is 11.0. The number of anilines is 2.